The Hall–Kier alpha value is -1.88. The zero-order valence-electron chi connectivity index (χ0n) is 14.1. The highest BCUT2D eigenvalue weighted by Gasteiger charge is 2.41. The highest BCUT2D eigenvalue weighted by Crippen LogP contribution is 2.39. The molecule has 24 heavy (non-hydrogen) atoms. The number of benzene rings is 1. The van der Waals surface area contributed by atoms with Gasteiger partial charge in [0.1, 0.15) is 0 Å². The van der Waals surface area contributed by atoms with E-state index in [-0.39, 0.29) is 17.7 Å². The molecule has 1 atom stereocenters. The van der Waals surface area contributed by atoms with Crippen molar-refractivity contribution in [3.63, 3.8) is 0 Å². The van der Waals surface area contributed by atoms with Crippen LogP contribution in [0.1, 0.15) is 37.7 Å². The molecule has 5 nitrogen and oxygen atoms in total. The summed E-state index contributed by atoms with van der Waals surface area (Å²) >= 11 is 0. The molecule has 130 valence electrons. The lowest BCUT2D eigenvalue weighted by atomic mass is 9.73. The Balaban J connectivity index is 1.64. The predicted molar refractivity (Wildman–Crippen MR) is 91.5 cm³/mol. The zero-order valence-corrected chi connectivity index (χ0v) is 14.1. The standard InChI is InChI=1S/C19H26N2O3/c22-17-7-10-19(9-4-11-20(14-19)12-8-18(23)24)15-21(17)13-16-5-2-1-3-6-16/h1-3,5-6H,4,7-15H2,(H,23,24)/t19-/m0/s1. The number of hydrogen-bond acceptors (Lipinski definition) is 3. The maximum atomic E-state index is 12.4. The molecule has 3 rings (SSSR count). The molecule has 2 aliphatic heterocycles. The van der Waals surface area contributed by atoms with Crippen LogP contribution in [0.2, 0.25) is 0 Å². The third-order valence-electron chi connectivity index (χ3n) is 5.35. The van der Waals surface area contributed by atoms with Crippen molar-refractivity contribution in [2.24, 2.45) is 5.41 Å². The summed E-state index contributed by atoms with van der Waals surface area (Å²) in [5.74, 6) is -0.494. The van der Waals surface area contributed by atoms with Crippen molar-refractivity contribution in [2.45, 2.75) is 38.6 Å². The monoisotopic (exact) mass is 330 g/mol. The van der Waals surface area contributed by atoms with Gasteiger partial charge in [0.25, 0.3) is 0 Å². The number of amides is 1. The van der Waals surface area contributed by atoms with Crippen molar-refractivity contribution in [1.29, 1.82) is 0 Å². The summed E-state index contributed by atoms with van der Waals surface area (Å²) in [6.07, 6.45) is 3.96. The number of nitrogens with zero attached hydrogens (tertiary/aromatic N) is 2. The largest absolute Gasteiger partial charge is 0.481 e. The molecule has 2 heterocycles. The number of rotatable bonds is 5. The fraction of sp³-hybridized carbons (Fsp3) is 0.579. The van der Waals surface area contributed by atoms with Crippen LogP contribution < -0.4 is 0 Å². The molecule has 0 saturated carbocycles. The van der Waals surface area contributed by atoms with Gasteiger partial charge in [-0.15, -0.1) is 0 Å². The zero-order chi connectivity index (χ0) is 17.0. The molecule has 5 heteroatoms. The van der Waals surface area contributed by atoms with Crippen LogP contribution >= 0.6 is 0 Å². The molecule has 0 aliphatic carbocycles. The molecule has 2 fully saturated rings. The van der Waals surface area contributed by atoms with Crippen LogP contribution in [0, 0.1) is 5.41 Å². The summed E-state index contributed by atoms with van der Waals surface area (Å²) in [5.41, 5.74) is 1.31. The van der Waals surface area contributed by atoms with Gasteiger partial charge in [0, 0.05) is 38.0 Å². The number of hydrogen-bond donors (Lipinski definition) is 1. The minimum atomic E-state index is -0.737. The molecule has 0 unspecified atom stereocenters. The third kappa shape index (κ3) is 4.15. The van der Waals surface area contributed by atoms with Gasteiger partial charge in [0.15, 0.2) is 0 Å². The summed E-state index contributed by atoms with van der Waals surface area (Å²) in [5, 5.41) is 8.91. The maximum absolute atomic E-state index is 12.4. The first-order chi connectivity index (χ1) is 11.6. The Morgan fingerprint density at radius 1 is 1.17 bits per heavy atom. The highest BCUT2D eigenvalue weighted by molar-refractivity contribution is 5.77. The van der Waals surface area contributed by atoms with Crippen LogP contribution in [0.3, 0.4) is 0 Å². The van der Waals surface area contributed by atoms with Crippen molar-refractivity contribution in [2.75, 3.05) is 26.2 Å². The second-order valence-corrected chi connectivity index (χ2v) is 7.26. The number of carboxylic acid groups (broad SMARTS) is 1. The number of aliphatic carboxylic acids is 1. The van der Waals surface area contributed by atoms with Gasteiger partial charge >= 0.3 is 5.97 Å². The Kier molecular flexibility index (Phi) is 5.19. The minimum Gasteiger partial charge on any atom is -0.481 e. The number of carbonyl (C=O) groups is 2. The lowest BCUT2D eigenvalue weighted by Gasteiger charge is -2.48. The molecular formula is C19H26N2O3. The van der Waals surface area contributed by atoms with Crippen molar-refractivity contribution in [3.8, 4) is 0 Å². The fourth-order valence-corrected chi connectivity index (χ4v) is 4.14. The van der Waals surface area contributed by atoms with E-state index in [0.29, 0.717) is 19.5 Å². The van der Waals surface area contributed by atoms with Gasteiger partial charge in [-0.1, -0.05) is 30.3 Å². The molecule has 1 aromatic carbocycles. The van der Waals surface area contributed by atoms with E-state index in [9.17, 15) is 9.59 Å². The lowest BCUT2D eigenvalue weighted by molar-refractivity contribution is -0.140. The molecule has 0 aromatic heterocycles. The second-order valence-electron chi connectivity index (χ2n) is 7.26. The van der Waals surface area contributed by atoms with E-state index in [1.807, 2.05) is 23.1 Å². The van der Waals surface area contributed by atoms with Gasteiger partial charge < -0.3 is 14.9 Å². The van der Waals surface area contributed by atoms with E-state index in [4.69, 9.17) is 5.11 Å². The minimum absolute atomic E-state index is 0.138. The topological polar surface area (TPSA) is 60.9 Å². The SMILES string of the molecule is O=C(O)CCN1CCC[C@]2(CCC(=O)N(Cc3ccccc3)C2)C1. The summed E-state index contributed by atoms with van der Waals surface area (Å²) < 4.78 is 0. The molecule has 1 aromatic rings. The second kappa shape index (κ2) is 7.34. The van der Waals surface area contributed by atoms with Crippen LogP contribution in [0.5, 0.6) is 0 Å². The molecule has 2 aliphatic rings. The first-order valence-electron chi connectivity index (χ1n) is 8.82. The quantitative estimate of drug-likeness (QED) is 0.900. The average Bonchev–Trinajstić information content (AvgIpc) is 2.58. The Labute approximate surface area is 143 Å². The normalized spacial score (nSPS) is 25.2. The smallest absolute Gasteiger partial charge is 0.304 e. The molecule has 0 radical (unpaired) electrons. The van der Waals surface area contributed by atoms with Crippen LogP contribution in [-0.4, -0.2) is 53.0 Å². The van der Waals surface area contributed by atoms with Gasteiger partial charge in [-0.05, 0) is 31.4 Å². The number of carbonyl (C=O) groups excluding carboxylic acids is 1. The maximum Gasteiger partial charge on any atom is 0.304 e. The van der Waals surface area contributed by atoms with Crippen molar-refractivity contribution >= 4 is 11.9 Å². The van der Waals surface area contributed by atoms with Gasteiger partial charge in [-0.3, -0.25) is 9.59 Å². The van der Waals surface area contributed by atoms with E-state index < -0.39 is 5.97 Å². The van der Waals surface area contributed by atoms with Gasteiger partial charge in [0.05, 0.1) is 6.42 Å². The van der Waals surface area contributed by atoms with Crippen LogP contribution in [-0.2, 0) is 16.1 Å². The van der Waals surface area contributed by atoms with E-state index in [0.717, 1.165) is 38.9 Å². The molecule has 2 saturated heterocycles. The molecule has 0 bridgehead atoms. The molecule has 1 spiro atoms. The Morgan fingerprint density at radius 2 is 1.96 bits per heavy atom. The Morgan fingerprint density at radius 3 is 2.71 bits per heavy atom. The van der Waals surface area contributed by atoms with Crippen molar-refractivity contribution in [3.05, 3.63) is 35.9 Å². The number of carboxylic acids is 1. The first kappa shape index (κ1) is 17.0. The summed E-state index contributed by atoms with van der Waals surface area (Å²) in [6.45, 7) is 3.98. The Bertz CT molecular complexity index is 590. The van der Waals surface area contributed by atoms with Gasteiger partial charge in [-0.25, -0.2) is 0 Å². The van der Waals surface area contributed by atoms with Crippen LogP contribution in [0.25, 0.3) is 0 Å². The van der Waals surface area contributed by atoms with Crippen LogP contribution in [0.4, 0.5) is 0 Å². The first-order valence-corrected chi connectivity index (χ1v) is 8.82. The number of likely N-dealkylation sites (tertiary alicyclic amines) is 2. The van der Waals surface area contributed by atoms with Crippen molar-refractivity contribution < 1.29 is 14.7 Å². The van der Waals surface area contributed by atoms with E-state index >= 15 is 0 Å². The molecule has 1 N–H and O–H groups in total. The fourth-order valence-electron chi connectivity index (χ4n) is 4.14. The van der Waals surface area contributed by atoms with Gasteiger partial charge in [0.2, 0.25) is 5.91 Å². The van der Waals surface area contributed by atoms with E-state index in [2.05, 4.69) is 17.0 Å². The summed E-state index contributed by atoms with van der Waals surface area (Å²) in [4.78, 5) is 27.5. The van der Waals surface area contributed by atoms with Crippen LogP contribution in [0.15, 0.2) is 30.3 Å². The van der Waals surface area contributed by atoms with Gasteiger partial charge in [-0.2, -0.15) is 0 Å². The average molecular weight is 330 g/mol. The lowest BCUT2D eigenvalue weighted by Crippen LogP contribution is -2.53. The summed E-state index contributed by atoms with van der Waals surface area (Å²) in [6, 6.07) is 10.1. The highest BCUT2D eigenvalue weighted by atomic mass is 16.4. The number of piperidine rings is 2. The third-order valence-corrected chi connectivity index (χ3v) is 5.35. The molecular weight excluding hydrogens is 304 g/mol. The van der Waals surface area contributed by atoms with E-state index in [1.165, 1.54) is 5.56 Å². The summed E-state index contributed by atoms with van der Waals surface area (Å²) in [7, 11) is 0. The molecule has 1 amide bonds. The van der Waals surface area contributed by atoms with E-state index in [1.54, 1.807) is 0 Å². The predicted octanol–water partition coefficient (Wildman–Crippen LogP) is 2.37. The van der Waals surface area contributed by atoms with Crippen molar-refractivity contribution in [1.82, 2.24) is 9.80 Å².